The van der Waals surface area contributed by atoms with Gasteiger partial charge in [0.25, 0.3) is 0 Å². The van der Waals surface area contributed by atoms with Crippen LogP contribution < -0.4 is 4.90 Å². The normalized spacial score (nSPS) is 14.7. The fourth-order valence-corrected chi connectivity index (χ4v) is 9.29. The first-order chi connectivity index (χ1) is 24.4. The van der Waals surface area contributed by atoms with Crippen molar-refractivity contribution in [3.8, 4) is 27.9 Å². The Balaban J connectivity index is 1.31. The number of benzene rings is 7. The van der Waals surface area contributed by atoms with Crippen molar-refractivity contribution in [2.45, 2.75) is 38.5 Å². The first-order valence-electron chi connectivity index (χ1n) is 17.7. The molecule has 8 aromatic rings. The van der Waals surface area contributed by atoms with Crippen molar-refractivity contribution >= 4 is 38.9 Å². The number of fused-ring (bicyclic) bond motifs is 9. The molecule has 50 heavy (non-hydrogen) atoms. The molecular weight excluding hydrogens is 605 g/mol. The molecule has 2 heteroatoms. The third-order valence-electron chi connectivity index (χ3n) is 11.6. The minimum absolute atomic E-state index is 0.114. The molecule has 10 rings (SSSR count). The molecule has 0 saturated carbocycles. The molecule has 0 amide bonds. The van der Waals surface area contributed by atoms with Crippen LogP contribution in [-0.2, 0) is 10.8 Å². The summed E-state index contributed by atoms with van der Waals surface area (Å²) in [5.74, 6) is 0. The number of para-hydroxylation sites is 2. The lowest BCUT2D eigenvalue weighted by Crippen LogP contribution is -2.21. The molecular formula is C48H38N2. The van der Waals surface area contributed by atoms with Crippen LogP contribution in [0.15, 0.2) is 158 Å². The standard InChI is InChI=1S/C48H38N2/c1-47(2)38-22-11-8-18-33(38)35-29-28-32(30-40(35)47)50(44-27-14-21-36-34-19-9-12-23-39(34)48(3,4)46(36)44)43-26-15-25-42-45(43)37-20-10-13-24-41(37)49(42)31-16-6-5-7-17-31/h5-30H,1-4H3. The van der Waals surface area contributed by atoms with E-state index in [1.807, 2.05) is 0 Å². The summed E-state index contributed by atoms with van der Waals surface area (Å²) in [7, 11) is 0. The summed E-state index contributed by atoms with van der Waals surface area (Å²) in [5.41, 5.74) is 17.7. The highest BCUT2D eigenvalue weighted by Gasteiger charge is 2.40. The van der Waals surface area contributed by atoms with Crippen molar-refractivity contribution in [1.29, 1.82) is 0 Å². The van der Waals surface area contributed by atoms with Crippen molar-refractivity contribution in [3.05, 3.63) is 180 Å². The summed E-state index contributed by atoms with van der Waals surface area (Å²) in [4.78, 5) is 2.57. The Hall–Kier alpha value is -5.86. The highest BCUT2D eigenvalue weighted by molar-refractivity contribution is 6.17. The number of nitrogens with zero attached hydrogens (tertiary/aromatic N) is 2. The lowest BCUT2D eigenvalue weighted by molar-refractivity contribution is 0.658. The Labute approximate surface area is 293 Å². The molecule has 0 fully saturated rings. The van der Waals surface area contributed by atoms with E-state index in [1.165, 1.54) is 83.4 Å². The van der Waals surface area contributed by atoms with E-state index >= 15 is 0 Å². The molecule has 1 heterocycles. The van der Waals surface area contributed by atoms with E-state index < -0.39 is 0 Å². The van der Waals surface area contributed by atoms with E-state index in [0.29, 0.717) is 0 Å². The van der Waals surface area contributed by atoms with Gasteiger partial charge in [0, 0.05) is 33.0 Å². The molecule has 0 spiro atoms. The number of hydrogen-bond acceptors (Lipinski definition) is 1. The minimum atomic E-state index is -0.182. The van der Waals surface area contributed by atoms with Crippen LogP contribution in [0.25, 0.3) is 49.7 Å². The van der Waals surface area contributed by atoms with Crippen LogP contribution in [-0.4, -0.2) is 4.57 Å². The Morgan fingerprint density at radius 2 is 1.02 bits per heavy atom. The van der Waals surface area contributed by atoms with Crippen LogP contribution >= 0.6 is 0 Å². The summed E-state index contributed by atoms with van der Waals surface area (Å²) in [5, 5.41) is 2.50. The van der Waals surface area contributed by atoms with Gasteiger partial charge in [0.1, 0.15) is 0 Å². The monoisotopic (exact) mass is 642 g/mol. The third kappa shape index (κ3) is 3.85. The molecule has 0 saturated heterocycles. The minimum Gasteiger partial charge on any atom is -0.309 e. The van der Waals surface area contributed by atoms with Gasteiger partial charge in [0.15, 0.2) is 0 Å². The zero-order chi connectivity index (χ0) is 33.8. The summed E-state index contributed by atoms with van der Waals surface area (Å²) in [6.45, 7) is 9.53. The van der Waals surface area contributed by atoms with E-state index in [4.69, 9.17) is 0 Å². The SMILES string of the molecule is CC1(C)c2ccccc2-c2ccc(N(c3cccc4c3C(C)(C)c3ccccc3-4)c3cccc4c3c3ccccc3n4-c3ccccc3)cc21. The predicted molar refractivity (Wildman–Crippen MR) is 211 cm³/mol. The van der Waals surface area contributed by atoms with Gasteiger partial charge in [-0.2, -0.15) is 0 Å². The van der Waals surface area contributed by atoms with Crippen molar-refractivity contribution in [2.24, 2.45) is 0 Å². The van der Waals surface area contributed by atoms with Crippen molar-refractivity contribution in [2.75, 3.05) is 4.90 Å². The van der Waals surface area contributed by atoms with Crippen molar-refractivity contribution < 1.29 is 0 Å². The highest BCUT2D eigenvalue weighted by Crippen LogP contribution is 2.56. The van der Waals surface area contributed by atoms with E-state index in [-0.39, 0.29) is 10.8 Å². The number of aromatic nitrogens is 1. The molecule has 0 unspecified atom stereocenters. The van der Waals surface area contributed by atoms with Gasteiger partial charge < -0.3 is 9.47 Å². The Morgan fingerprint density at radius 3 is 1.82 bits per heavy atom. The second kappa shape index (κ2) is 10.3. The predicted octanol–water partition coefficient (Wildman–Crippen LogP) is 12.9. The van der Waals surface area contributed by atoms with Gasteiger partial charge >= 0.3 is 0 Å². The summed E-state index contributed by atoms with van der Waals surface area (Å²) in [6, 6.07) is 58.5. The molecule has 0 radical (unpaired) electrons. The zero-order valence-electron chi connectivity index (χ0n) is 28.9. The molecule has 7 aromatic carbocycles. The fraction of sp³-hybridized carbons (Fsp3) is 0.125. The smallest absolute Gasteiger partial charge is 0.0562 e. The maximum absolute atomic E-state index is 2.57. The fourth-order valence-electron chi connectivity index (χ4n) is 9.29. The van der Waals surface area contributed by atoms with Crippen LogP contribution in [0.5, 0.6) is 0 Å². The Bertz CT molecular complexity index is 2650. The highest BCUT2D eigenvalue weighted by atomic mass is 15.2. The number of rotatable bonds is 4. The second-order valence-electron chi connectivity index (χ2n) is 15.0. The van der Waals surface area contributed by atoms with Gasteiger partial charge in [0.2, 0.25) is 0 Å². The van der Waals surface area contributed by atoms with Crippen molar-refractivity contribution in [1.82, 2.24) is 4.57 Å². The molecule has 1 aromatic heterocycles. The Kier molecular flexibility index (Phi) is 6.01. The van der Waals surface area contributed by atoms with Crippen molar-refractivity contribution in [3.63, 3.8) is 0 Å². The molecule has 2 aliphatic rings. The van der Waals surface area contributed by atoms with Crippen LogP contribution in [0.1, 0.15) is 49.9 Å². The molecule has 0 atom stereocenters. The van der Waals surface area contributed by atoms with Crippen LogP contribution in [0.4, 0.5) is 17.1 Å². The van der Waals surface area contributed by atoms with Gasteiger partial charge in [-0.05, 0) is 93.0 Å². The van der Waals surface area contributed by atoms with Gasteiger partial charge in [0.05, 0.1) is 22.4 Å². The molecule has 0 N–H and O–H groups in total. The molecule has 240 valence electrons. The lowest BCUT2D eigenvalue weighted by atomic mass is 9.81. The topological polar surface area (TPSA) is 8.17 Å². The third-order valence-corrected chi connectivity index (χ3v) is 11.6. The average Bonchev–Trinajstić information content (AvgIpc) is 3.70. The average molecular weight is 643 g/mol. The Morgan fingerprint density at radius 1 is 0.440 bits per heavy atom. The van der Waals surface area contributed by atoms with Crippen LogP contribution in [0, 0.1) is 0 Å². The quantitative estimate of drug-likeness (QED) is 0.185. The number of hydrogen-bond donors (Lipinski definition) is 0. The molecule has 2 aliphatic carbocycles. The summed E-state index contributed by atoms with van der Waals surface area (Å²) in [6.07, 6.45) is 0. The molecule has 2 nitrogen and oxygen atoms in total. The van der Waals surface area contributed by atoms with Crippen LogP contribution in [0.2, 0.25) is 0 Å². The maximum atomic E-state index is 2.57. The van der Waals surface area contributed by atoms with Gasteiger partial charge in [-0.15, -0.1) is 0 Å². The first kappa shape index (κ1) is 29.1. The zero-order valence-corrected chi connectivity index (χ0v) is 28.9. The summed E-state index contributed by atoms with van der Waals surface area (Å²) < 4.78 is 2.42. The van der Waals surface area contributed by atoms with Crippen LogP contribution in [0.3, 0.4) is 0 Å². The number of anilines is 3. The van der Waals surface area contributed by atoms with Gasteiger partial charge in [-0.3, -0.25) is 0 Å². The van der Waals surface area contributed by atoms with Gasteiger partial charge in [-0.25, -0.2) is 0 Å². The second-order valence-corrected chi connectivity index (χ2v) is 15.0. The molecule has 0 aliphatic heterocycles. The van der Waals surface area contributed by atoms with E-state index in [1.54, 1.807) is 0 Å². The maximum Gasteiger partial charge on any atom is 0.0562 e. The van der Waals surface area contributed by atoms with Gasteiger partial charge in [-0.1, -0.05) is 137 Å². The van der Waals surface area contributed by atoms with E-state index in [0.717, 1.165) is 5.69 Å². The molecule has 0 bridgehead atoms. The lowest BCUT2D eigenvalue weighted by Gasteiger charge is -2.33. The first-order valence-corrected chi connectivity index (χ1v) is 17.7. The summed E-state index contributed by atoms with van der Waals surface area (Å²) >= 11 is 0. The van der Waals surface area contributed by atoms with E-state index in [9.17, 15) is 0 Å². The van der Waals surface area contributed by atoms with E-state index in [2.05, 4.69) is 195 Å². The largest absolute Gasteiger partial charge is 0.309 e.